The Morgan fingerprint density at radius 2 is 2.00 bits per heavy atom. The van der Waals surface area contributed by atoms with Crippen LogP contribution in [0.3, 0.4) is 0 Å². The smallest absolute Gasteiger partial charge is 0.00951 e. The second-order valence-corrected chi connectivity index (χ2v) is 6.17. The van der Waals surface area contributed by atoms with Crippen molar-refractivity contribution in [2.75, 3.05) is 27.2 Å². The molecule has 2 nitrogen and oxygen atoms in total. The Kier molecular flexibility index (Phi) is 3.09. The largest absolute Gasteiger partial charge is 0.306 e. The molecule has 0 aromatic heterocycles. The minimum absolute atomic E-state index is 0.680. The Morgan fingerprint density at radius 1 is 1.27 bits per heavy atom. The van der Waals surface area contributed by atoms with Gasteiger partial charge in [-0.05, 0) is 65.6 Å². The van der Waals surface area contributed by atoms with Crippen LogP contribution in [0.4, 0.5) is 0 Å². The zero-order valence-corrected chi connectivity index (χ0v) is 10.8. The van der Waals surface area contributed by atoms with E-state index in [-0.39, 0.29) is 0 Å². The average molecular weight is 210 g/mol. The molecule has 2 rings (SSSR count). The fourth-order valence-corrected chi connectivity index (χ4v) is 3.40. The van der Waals surface area contributed by atoms with E-state index in [9.17, 15) is 0 Å². The van der Waals surface area contributed by atoms with E-state index in [2.05, 4.69) is 37.7 Å². The van der Waals surface area contributed by atoms with Crippen molar-refractivity contribution in [2.24, 2.45) is 5.41 Å². The lowest BCUT2D eigenvalue weighted by Gasteiger charge is -2.27. The van der Waals surface area contributed by atoms with Crippen LogP contribution in [0.25, 0.3) is 0 Å². The Hall–Kier alpha value is -0.0800. The lowest BCUT2D eigenvalue weighted by molar-refractivity contribution is 0.210. The summed E-state index contributed by atoms with van der Waals surface area (Å²) in [4.78, 5) is 5.09. The molecule has 0 N–H and O–H groups in total. The number of hydrogen-bond acceptors (Lipinski definition) is 2. The molecule has 0 amide bonds. The molecule has 2 aliphatic rings. The normalized spacial score (nSPS) is 37.6. The van der Waals surface area contributed by atoms with E-state index in [1.165, 1.54) is 38.8 Å². The Bertz CT molecular complexity index is 199. The molecule has 1 saturated heterocycles. The quantitative estimate of drug-likeness (QED) is 0.689. The Labute approximate surface area is 94.6 Å². The van der Waals surface area contributed by atoms with Crippen molar-refractivity contribution in [2.45, 2.75) is 51.6 Å². The first-order chi connectivity index (χ1) is 7.02. The fourth-order valence-electron chi connectivity index (χ4n) is 3.40. The molecule has 88 valence electrons. The predicted molar refractivity (Wildman–Crippen MR) is 65.1 cm³/mol. The van der Waals surface area contributed by atoms with Crippen LogP contribution in [0.15, 0.2) is 0 Å². The predicted octanol–water partition coefficient (Wildman–Crippen LogP) is 2.20. The number of likely N-dealkylation sites (tertiary alicyclic amines) is 1. The molecule has 1 aliphatic heterocycles. The Morgan fingerprint density at radius 3 is 2.47 bits per heavy atom. The molecule has 0 bridgehead atoms. The highest BCUT2D eigenvalue weighted by atomic mass is 15.2. The highest BCUT2D eigenvalue weighted by Crippen LogP contribution is 2.46. The summed E-state index contributed by atoms with van der Waals surface area (Å²) >= 11 is 0. The Balaban J connectivity index is 1.95. The lowest BCUT2D eigenvalue weighted by Crippen LogP contribution is -2.32. The van der Waals surface area contributed by atoms with Crippen molar-refractivity contribution in [1.29, 1.82) is 0 Å². The highest BCUT2D eigenvalue weighted by molar-refractivity contribution is 4.98. The molecule has 1 heterocycles. The highest BCUT2D eigenvalue weighted by Gasteiger charge is 2.44. The summed E-state index contributed by atoms with van der Waals surface area (Å²) in [5.41, 5.74) is 0.680. The molecule has 2 heteroatoms. The van der Waals surface area contributed by atoms with Gasteiger partial charge in [-0.15, -0.1) is 0 Å². The van der Waals surface area contributed by atoms with E-state index < -0.39 is 0 Å². The van der Waals surface area contributed by atoms with Crippen molar-refractivity contribution in [1.82, 2.24) is 9.80 Å². The van der Waals surface area contributed by atoms with Crippen molar-refractivity contribution < 1.29 is 0 Å². The van der Waals surface area contributed by atoms with Crippen LogP contribution in [0.2, 0.25) is 0 Å². The molecule has 0 radical (unpaired) electrons. The van der Waals surface area contributed by atoms with Gasteiger partial charge in [-0.2, -0.15) is 0 Å². The summed E-state index contributed by atoms with van der Waals surface area (Å²) in [5, 5.41) is 0. The molecule has 0 aromatic rings. The molecule has 15 heavy (non-hydrogen) atoms. The molecule has 1 saturated carbocycles. The van der Waals surface area contributed by atoms with Crippen LogP contribution < -0.4 is 0 Å². The molecule has 2 unspecified atom stereocenters. The van der Waals surface area contributed by atoms with Gasteiger partial charge in [0.1, 0.15) is 0 Å². The van der Waals surface area contributed by atoms with Crippen molar-refractivity contribution in [3.05, 3.63) is 0 Å². The van der Waals surface area contributed by atoms with Gasteiger partial charge in [0.05, 0.1) is 0 Å². The average Bonchev–Trinajstić information content (AvgIpc) is 2.74. The molecular formula is C13H26N2. The van der Waals surface area contributed by atoms with Gasteiger partial charge >= 0.3 is 0 Å². The SMILES string of the molecule is CC(C)N1CCC2(CCC(N(C)C)C2)C1. The summed E-state index contributed by atoms with van der Waals surface area (Å²) in [6.45, 7) is 7.35. The lowest BCUT2D eigenvalue weighted by atomic mass is 9.85. The van der Waals surface area contributed by atoms with Crippen LogP contribution in [0.5, 0.6) is 0 Å². The maximum atomic E-state index is 2.66. The van der Waals surface area contributed by atoms with Gasteiger partial charge in [-0.1, -0.05) is 0 Å². The van der Waals surface area contributed by atoms with Crippen molar-refractivity contribution in [3.8, 4) is 0 Å². The molecule has 2 fully saturated rings. The van der Waals surface area contributed by atoms with E-state index in [0.29, 0.717) is 5.41 Å². The van der Waals surface area contributed by atoms with Gasteiger partial charge in [-0.25, -0.2) is 0 Å². The second kappa shape index (κ2) is 4.06. The van der Waals surface area contributed by atoms with Crippen LogP contribution in [0.1, 0.15) is 39.5 Å². The zero-order chi connectivity index (χ0) is 11.1. The first-order valence-electron chi connectivity index (χ1n) is 6.43. The number of nitrogens with zero attached hydrogens (tertiary/aromatic N) is 2. The molecule has 1 aliphatic carbocycles. The third-order valence-electron chi connectivity index (χ3n) is 4.60. The first kappa shape index (κ1) is 11.4. The maximum absolute atomic E-state index is 2.66. The fraction of sp³-hybridized carbons (Fsp3) is 1.00. The van der Waals surface area contributed by atoms with E-state index in [4.69, 9.17) is 0 Å². The van der Waals surface area contributed by atoms with Gasteiger partial charge in [0, 0.05) is 18.6 Å². The van der Waals surface area contributed by atoms with E-state index in [1.54, 1.807) is 0 Å². The van der Waals surface area contributed by atoms with Crippen molar-refractivity contribution >= 4 is 0 Å². The minimum Gasteiger partial charge on any atom is -0.306 e. The second-order valence-electron chi connectivity index (χ2n) is 6.17. The standard InChI is InChI=1S/C13H26N2/c1-11(2)15-8-7-13(10-15)6-5-12(9-13)14(3)4/h11-12H,5-10H2,1-4H3. The summed E-state index contributed by atoms with van der Waals surface area (Å²) in [6, 6.07) is 1.58. The van der Waals surface area contributed by atoms with Crippen LogP contribution in [0, 0.1) is 5.41 Å². The van der Waals surface area contributed by atoms with Gasteiger partial charge < -0.3 is 9.80 Å². The monoisotopic (exact) mass is 210 g/mol. The van der Waals surface area contributed by atoms with Crippen LogP contribution in [-0.2, 0) is 0 Å². The molecular weight excluding hydrogens is 184 g/mol. The van der Waals surface area contributed by atoms with Gasteiger partial charge in [-0.3, -0.25) is 0 Å². The molecule has 1 spiro atoms. The topological polar surface area (TPSA) is 6.48 Å². The number of rotatable bonds is 2. The van der Waals surface area contributed by atoms with E-state index in [0.717, 1.165) is 12.1 Å². The van der Waals surface area contributed by atoms with Gasteiger partial charge in [0.2, 0.25) is 0 Å². The van der Waals surface area contributed by atoms with Crippen molar-refractivity contribution in [3.63, 3.8) is 0 Å². The third kappa shape index (κ3) is 2.21. The molecule has 2 atom stereocenters. The summed E-state index contributed by atoms with van der Waals surface area (Å²) in [6.07, 6.45) is 5.75. The summed E-state index contributed by atoms with van der Waals surface area (Å²) in [5.74, 6) is 0. The van der Waals surface area contributed by atoms with Gasteiger partial charge in [0.15, 0.2) is 0 Å². The van der Waals surface area contributed by atoms with Gasteiger partial charge in [0.25, 0.3) is 0 Å². The van der Waals surface area contributed by atoms with Crippen LogP contribution in [-0.4, -0.2) is 49.1 Å². The molecule has 0 aromatic carbocycles. The number of hydrogen-bond donors (Lipinski definition) is 0. The maximum Gasteiger partial charge on any atom is 0.00951 e. The third-order valence-corrected chi connectivity index (χ3v) is 4.60. The van der Waals surface area contributed by atoms with E-state index >= 15 is 0 Å². The van der Waals surface area contributed by atoms with E-state index in [1.807, 2.05) is 0 Å². The zero-order valence-electron chi connectivity index (χ0n) is 10.8. The first-order valence-corrected chi connectivity index (χ1v) is 6.43. The summed E-state index contributed by atoms with van der Waals surface area (Å²) in [7, 11) is 4.47. The summed E-state index contributed by atoms with van der Waals surface area (Å²) < 4.78 is 0. The van der Waals surface area contributed by atoms with Crippen LogP contribution >= 0.6 is 0 Å². The minimum atomic E-state index is 0.680.